The molecule has 0 aliphatic carbocycles. The predicted molar refractivity (Wildman–Crippen MR) is 159 cm³/mol. The van der Waals surface area contributed by atoms with Crippen LogP contribution in [-0.2, 0) is 19.1 Å². The van der Waals surface area contributed by atoms with Crippen LogP contribution in [0, 0.1) is 6.92 Å². The molecule has 2 aromatic heterocycles. The average Bonchev–Trinajstić information content (AvgIpc) is 3.70. The molecule has 236 valence electrons. The van der Waals surface area contributed by atoms with Crippen LogP contribution < -0.4 is 10.6 Å². The highest BCUT2D eigenvalue weighted by Gasteiger charge is 2.34. The summed E-state index contributed by atoms with van der Waals surface area (Å²) in [6.45, 7) is 2.39. The van der Waals surface area contributed by atoms with E-state index in [1.807, 2.05) is 37.3 Å². The smallest absolute Gasteiger partial charge is 0.417 e. The molecule has 3 atom stereocenters. The number of oxazole rings is 1. The molecule has 0 saturated carbocycles. The number of carbonyl (C=O) groups excluding carboxylic acids is 2. The fraction of sp³-hybridized carbons (Fsp3) is 0.333. The number of hydrogen-bond acceptors (Lipinski definition) is 7. The van der Waals surface area contributed by atoms with E-state index in [4.69, 9.17) is 4.42 Å². The molecular formula is C33H34F3N5O4. The zero-order valence-corrected chi connectivity index (χ0v) is 24.6. The highest BCUT2D eigenvalue weighted by atomic mass is 19.4. The molecule has 2 aromatic carbocycles. The molecule has 2 amide bonds. The molecule has 5 rings (SSSR count). The van der Waals surface area contributed by atoms with Gasteiger partial charge >= 0.3 is 6.18 Å². The molecule has 45 heavy (non-hydrogen) atoms. The highest BCUT2D eigenvalue weighted by molar-refractivity contribution is 6.00. The third kappa shape index (κ3) is 8.14. The second kappa shape index (κ2) is 14.0. The molecule has 3 unspecified atom stereocenters. The largest absolute Gasteiger partial charge is 0.446 e. The van der Waals surface area contributed by atoms with Crippen molar-refractivity contribution < 1.29 is 32.3 Å². The Morgan fingerprint density at radius 3 is 2.58 bits per heavy atom. The zero-order valence-electron chi connectivity index (χ0n) is 24.6. The second-order valence-electron chi connectivity index (χ2n) is 11.1. The predicted octanol–water partition coefficient (Wildman–Crippen LogP) is 4.87. The van der Waals surface area contributed by atoms with Crippen molar-refractivity contribution >= 4 is 11.8 Å². The fourth-order valence-corrected chi connectivity index (χ4v) is 5.40. The number of alkyl halides is 3. The van der Waals surface area contributed by atoms with Gasteiger partial charge in [-0.05, 0) is 61.6 Å². The maximum Gasteiger partial charge on any atom is 0.417 e. The zero-order chi connectivity index (χ0) is 32.0. The highest BCUT2D eigenvalue weighted by Crippen LogP contribution is 2.33. The average molecular weight is 622 g/mol. The van der Waals surface area contributed by atoms with E-state index in [9.17, 15) is 27.9 Å². The van der Waals surface area contributed by atoms with E-state index in [1.54, 1.807) is 29.4 Å². The number of aliphatic hydroxyl groups is 1. The SMILES string of the molecule is Cc1coc(C2CCCN2C(=O)c2cccc(C(=O)NC(Cc3ccccc3)C(O)CNCc3cncc(C(F)(F)F)c3)c2)n1. The molecule has 0 radical (unpaired) electrons. The number of nitrogens with one attached hydrogen (secondary N) is 2. The third-order valence-corrected chi connectivity index (χ3v) is 7.69. The number of aryl methyl sites for hydroxylation is 1. The number of benzene rings is 2. The van der Waals surface area contributed by atoms with Crippen molar-refractivity contribution in [3.8, 4) is 0 Å². The minimum Gasteiger partial charge on any atom is -0.446 e. The fourth-order valence-electron chi connectivity index (χ4n) is 5.40. The van der Waals surface area contributed by atoms with Crippen molar-refractivity contribution in [2.75, 3.05) is 13.1 Å². The van der Waals surface area contributed by atoms with E-state index >= 15 is 0 Å². The Kier molecular flexibility index (Phi) is 9.94. The van der Waals surface area contributed by atoms with Gasteiger partial charge in [-0.25, -0.2) is 4.98 Å². The van der Waals surface area contributed by atoms with E-state index in [-0.39, 0.29) is 30.6 Å². The van der Waals surface area contributed by atoms with Crippen molar-refractivity contribution in [2.24, 2.45) is 0 Å². The monoisotopic (exact) mass is 621 g/mol. The second-order valence-corrected chi connectivity index (χ2v) is 11.1. The summed E-state index contributed by atoms with van der Waals surface area (Å²) in [4.78, 5) is 36.7. The lowest BCUT2D eigenvalue weighted by Crippen LogP contribution is -2.48. The molecule has 1 aliphatic rings. The lowest BCUT2D eigenvalue weighted by atomic mass is 10.00. The summed E-state index contributed by atoms with van der Waals surface area (Å²) >= 11 is 0. The van der Waals surface area contributed by atoms with Gasteiger partial charge in [-0.2, -0.15) is 13.2 Å². The maximum atomic E-state index is 13.5. The number of aliphatic hydroxyl groups excluding tert-OH is 1. The van der Waals surface area contributed by atoms with Gasteiger partial charge < -0.3 is 25.1 Å². The van der Waals surface area contributed by atoms with Gasteiger partial charge in [0.15, 0.2) is 0 Å². The van der Waals surface area contributed by atoms with Crippen molar-refractivity contribution in [1.82, 2.24) is 25.5 Å². The van der Waals surface area contributed by atoms with Gasteiger partial charge in [0.1, 0.15) is 12.3 Å². The normalized spacial score (nSPS) is 16.4. The van der Waals surface area contributed by atoms with E-state index in [0.29, 0.717) is 30.0 Å². The first-order valence-electron chi connectivity index (χ1n) is 14.7. The number of hydrogen-bond donors (Lipinski definition) is 3. The quantitative estimate of drug-likeness (QED) is 0.219. The van der Waals surface area contributed by atoms with Crippen LogP contribution in [0.2, 0.25) is 0 Å². The molecule has 1 saturated heterocycles. The summed E-state index contributed by atoms with van der Waals surface area (Å²) in [6, 6.07) is 15.7. The van der Waals surface area contributed by atoms with Crippen LogP contribution in [-0.4, -0.2) is 57.0 Å². The van der Waals surface area contributed by atoms with Gasteiger partial charge in [0.25, 0.3) is 11.8 Å². The molecule has 4 aromatic rings. The van der Waals surface area contributed by atoms with Gasteiger partial charge in [0.05, 0.1) is 23.4 Å². The van der Waals surface area contributed by atoms with Crippen LogP contribution in [0.3, 0.4) is 0 Å². The van der Waals surface area contributed by atoms with Gasteiger partial charge in [-0.1, -0.05) is 36.4 Å². The summed E-state index contributed by atoms with van der Waals surface area (Å²) in [5.74, 6) is -0.229. The molecule has 0 bridgehead atoms. The van der Waals surface area contributed by atoms with Crippen molar-refractivity contribution in [1.29, 1.82) is 0 Å². The lowest BCUT2D eigenvalue weighted by molar-refractivity contribution is -0.137. The molecule has 1 aliphatic heterocycles. The van der Waals surface area contributed by atoms with E-state index < -0.39 is 29.8 Å². The van der Waals surface area contributed by atoms with E-state index in [0.717, 1.165) is 36.4 Å². The van der Waals surface area contributed by atoms with Crippen molar-refractivity contribution in [3.05, 3.63) is 119 Å². The summed E-state index contributed by atoms with van der Waals surface area (Å²) in [5, 5.41) is 17.0. The summed E-state index contributed by atoms with van der Waals surface area (Å²) < 4.78 is 44.7. The number of pyridine rings is 1. The van der Waals surface area contributed by atoms with Crippen LogP contribution in [0.4, 0.5) is 13.2 Å². The Hall–Kier alpha value is -4.55. The number of likely N-dealkylation sites (tertiary alicyclic amines) is 1. The van der Waals surface area contributed by atoms with Crippen molar-refractivity contribution in [3.63, 3.8) is 0 Å². The van der Waals surface area contributed by atoms with Crippen LogP contribution >= 0.6 is 0 Å². The minimum atomic E-state index is -4.51. The van der Waals surface area contributed by atoms with E-state index in [1.165, 1.54) is 12.3 Å². The molecule has 9 nitrogen and oxygen atoms in total. The number of rotatable bonds is 11. The standard InChI is InChI=1S/C33H34F3N5O4/c1-21-20-45-31(39-21)28-11-6-12-41(28)32(44)25-10-5-9-24(15-25)30(43)40-27(14-22-7-3-2-4-8-22)29(42)19-38-17-23-13-26(18-37-16-23)33(34,35)36/h2-5,7-10,13,15-16,18,20,27-29,38,42H,6,11-12,14,17,19H2,1H3,(H,40,43). The molecule has 12 heteroatoms. The van der Waals surface area contributed by atoms with Gasteiger partial charge in [0, 0.05) is 43.2 Å². The number of aromatic nitrogens is 2. The Labute approximate surface area is 258 Å². The molecule has 3 N–H and O–H groups in total. The number of halogens is 3. The van der Waals surface area contributed by atoms with Crippen molar-refractivity contribution in [2.45, 2.75) is 57.1 Å². The summed E-state index contributed by atoms with van der Waals surface area (Å²) in [7, 11) is 0. The van der Waals surface area contributed by atoms with Crippen LogP contribution in [0.5, 0.6) is 0 Å². The van der Waals surface area contributed by atoms with Crippen LogP contribution in [0.1, 0.15) is 67.9 Å². The lowest BCUT2D eigenvalue weighted by Gasteiger charge is -2.25. The maximum absolute atomic E-state index is 13.5. The first-order valence-corrected chi connectivity index (χ1v) is 14.7. The van der Waals surface area contributed by atoms with Gasteiger partial charge in [0.2, 0.25) is 5.89 Å². The Morgan fingerprint density at radius 2 is 1.84 bits per heavy atom. The van der Waals surface area contributed by atoms with E-state index in [2.05, 4.69) is 20.6 Å². The molecule has 1 fully saturated rings. The third-order valence-electron chi connectivity index (χ3n) is 7.69. The van der Waals surface area contributed by atoms with Gasteiger partial charge in [-0.3, -0.25) is 14.6 Å². The first kappa shape index (κ1) is 31.9. The Bertz CT molecular complexity index is 1610. The molecule has 3 heterocycles. The first-order chi connectivity index (χ1) is 21.6. The summed E-state index contributed by atoms with van der Waals surface area (Å²) in [6.07, 6.45) is -0.147. The number of nitrogens with zero attached hydrogens (tertiary/aromatic N) is 3. The number of carbonyl (C=O) groups is 2. The van der Waals surface area contributed by atoms with Crippen LogP contribution in [0.15, 0.2) is 83.7 Å². The minimum absolute atomic E-state index is 0.0107. The topological polar surface area (TPSA) is 121 Å². The summed E-state index contributed by atoms with van der Waals surface area (Å²) in [5.41, 5.74) is 1.64. The Balaban J connectivity index is 1.26. The van der Waals surface area contributed by atoms with Gasteiger partial charge in [-0.15, -0.1) is 0 Å². The molecule has 0 spiro atoms. The Morgan fingerprint density at radius 1 is 1.07 bits per heavy atom. The number of amides is 2. The van der Waals surface area contributed by atoms with Crippen LogP contribution in [0.25, 0.3) is 0 Å². The molecular weight excluding hydrogens is 587 g/mol.